The van der Waals surface area contributed by atoms with Gasteiger partial charge in [-0.15, -0.1) is 0 Å². The molecule has 0 aromatic heterocycles. The Morgan fingerprint density at radius 1 is 0.476 bits per heavy atom. The van der Waals surface area contributed by atoms with Crippen molar-refractivity contribution in [2.24, 2.45) is 0 Å². The van der Waals surface area contributed by atoms with E-state index in [1.165, 1.54) is 83.0 Å². The molecule has 11 atom stereocenters. The smallest absolute Gasteiger partial charge is 0.380 e. The predicted molar refractivity (Wildman–Crippen MR) is 312 cm³/mol. The maximum atomic E-state index is 11.9. The molecule has 0 saturated carbocycles. The van der Waals surface area contributed by atoms with Gasteiger partial charge in [0.25, 0.3) is 0 Å². The van der Waals surface area contributed by atoms with Crippen molar-refractivity contribution in [2.45, 2.75) is 204 Å². The van der Waals surface area contributed by atoms with Gasteiger partial charge in [0.05, 0.1) is 26.4 Å². The van der Waals surface area contributed by atoms with Gasteiger partial charge in [-0.2, -0.15) is 0 Å². The Morgan fingerprint density at radius 2 is 0.726 bits per heavy atom. The number of carbonyl (C=O) groups excluding carboxylic acids is 10. The minimum Gasteiger partial charge on any atom is -0.459 e. The van der Waals surface area contributed by atoms with Crippen LogP contribution in [0.5, 0.6) is 0 Å². The second-order valence-corrected chi connectivity index (χ2v) is 20.9. The van der Waals surface area contributed by atoms with Crippen molar-refractivity contribution < 1.29 is 143 Å². The highest BCUT2D eigenvalue weighted by molar-refractivity contribution is 8.05. The van der Waals surface area contributed by atoms with Gasteiger partial charge in [0, 0.05) is 13.8 Å². The topological polar surface area (TPSA) is 415 Å². The van der Waals surface area contributed by atoms with E-state index < -0.39 is 134 Å². The normalized spacial score (nSPS) is 15.9. The highest BCUT2D eigenvalue weighted by atomic mass is 35.9. The number of halogens is 2. The van der Waals surface area contributed by atoms with Crippen molar-refractivity contribution in [2.75, 3.05) is 66.6 Å². The van der Waals surface area contributed by atoms with Crippen molar-refractivity contribution in [3.63, 3.8) is 0 Å². The van der Waals surface area contributed by atoms with Crippen LogP contribution in [0.2, 0.25) is 0 Å². The number of ether oxygens (including phenoxy) is 11. The fourth-order valence-electron chi connectivity index (χ4n) is 3.79. The summed E-state index contributed by atoms with van der Waals surface area (Å²) < 4.78 is 88.3. The monoisotopic (exact) mass is 1320 g/mol. The summed E-state index contributed by atoms with van der Waals surface area (Å²) in [5.41, 5.74) is 0. The van der Waals surface area contributed by atoms with Crippen molar-refractivity contribution in [1.29, 1.82) is 0 Å². The van der Waals surface area contributed by atoms with Crippen LogP contribution in [0.15, 0.2) is 0 Å². The van der Waals surface area contributed by atoms with Gasteiger partial charge >= 0.3 is 73.4 Å². The first kappa shape index (κ1) is 107. The van der Waals surface area contributed by atoms with Gasteiger partial charge < -0.3 is 81.6 Å². The average Bonchev–Trinajstić information content (AvgIpc) is 3.32. The molecule has 34 heteroatoms. The number of methoxy groups -OCH3 is 1. The molecule has 1 aliphatic heterocycles. The number of hydrogen-bond acceptors (Lipinski definition) is 30. The summed E-state index contributed by atoms with van der Waals surface area (Å²) in [6.45, 7) is 16.6. The Labute approximate surface area is 507 Å². The molecule has 0 aromatic carbocycles. The highest BCUT2D eigenvalue weighted by Crippen LogP contribution is 2.57. The summed E-state index contributed by atoms with van der Waals surface area (Å²) in [5, 5.41) is 33.1. The summed E-state index contributed by atoms with van der Waals surface area (Å²) in [4.78, 5) is 114. The standard InChI is InChI=1S/C18H31O12P.C14H22O10.C6H8O4.C2H5Cl2O2P.C2H6O2.8CH4/c1-8-27-31(7,23)30-14(5)18(22)29-13(4)16(20)26-10-9-25-15(19)12(3)28-17(21)11(2)24-6;1-7(15)11(17)23-9(3)13(19)21-5-6-22-14(20)10(4)24-12(18)8(2)16;1-3-5(7)10-4(2)6(8)9-3;1-2-6-7(3,4)5;3-1-2-4;;;;;;;;/h11-14H,8-10H2,1-7H3;7-10,15-16H,5-6H2,1-4H3;3-4H,1-2H3;2H2,1H3;3-4H,1-2H2;8*1H4/t;7-,8+,9-,10+;3-,4-;;;;;;;;;;/m..0........../s1. The SMILES string of the molecule is C.C.C.C.C.C.C.C.CCOP(=O)(Cl)Cl.CCOP(C)(=O)OC(C)C(=O)OC(C)C(=O)OCCOC(=O)C(C)OC(=O)C(C)OC.C[C@@H]1OC(=O)[C@H](C)OC1=O.C[C@H](O)C(=O)O[C@@H](C)C(=O)OCCOC(=O)[C@@H](C)OC(=O)[C@@H](C)O.OCCO. The molecule has 0 aliphatic carbocycles. The largest absolute Gasteiger partial charge is 0.459 e. The molecule has 1 saturated heterocycles. The van der Waals surface area contributed by atoms with Crippen LogP contribution in [0.4, 0.5) is 0 Å². The molecule has 30 nitrogen and oxygen atoms in total. The first-order valence-corrected chi connectivity index (χ1v) is 28.0. The van der Waals surface area contributed by atoms with E-state index in [1.807, 2.05) is 0 Å². The van der Waals surface area contributed by atoms with E-state index in [2.05, 4.69) is 23.5 Å². The van der Waals surface area contributed by atoms with Crippen molar-refractivity contribution >= 4 is 95.8 Å². The Kier molecular flexibility index (Phi) is 75.2. The summed E-state index contributed by atoms with van der Waals surface area (Å²) in [6, 6.07) is 0. The fraction of sp³-hybridized carbons (Fsp3) is 0.800. The molecule has 4 N–H and O–H groups in total. The van der Waals surface area contributed by atoms with E-state index in [9.17, 15) is 57.1 Å². The minimum absolute atomic E-state index is 0. The number of carbonyl (C=O) groups is 10. The number of aliphatic hydroxyl groups is 4. The lowest BCUT2D eigenvalue weighted by Crippen LogP contribution is -2.40. The third-order valence-electron chi connectivity index (χ3n) is 7.69. The number of aliphatic hydroxyl groups excluding tert-OH is 4. The lowest BCUT2D eigenvalue weighted by molar-refractivity contribution is -0.191. The molecule has 84 heavy (non-hydrogen) atoms. The first-order valence-electron chi connectivity index (χ1n) is 22.5. The zero-order valence-corrected chi connectivity index (χ0v) is 47.8. The van der Waals surface area contributed by atoms with Crippen molar-refractivity contribution in [3.05, 3.63) is 0 Å². The Bertz CT molecular complexity index is 1840. The summed E-state index contributed by atoms with van der Waals surface area (Å²) in [7, 11) is -2.11. The van der Waals surface area contributed by atoms with E-state index in [4.69, 9.17) is 85.1 Å². The van der Waals surface area contributed by atoms with Crippen LogP contribution in [0.3, 0.4) is 0 Å². The van der Waals surface area contributed by atoms with Gasteiger partial charge in [0.2, 0.25) is 0 Å². The first-order chi connectivity index (χ1) is 35.0. The third-order valence-corrected chi connectivity index (χ3v) is 10.3. The van der Waals surface area contributed by atoms with E-state index in [0.29, 0.717) is 0 Å². The van der Waals surface area contributed by atoms with Crippen molar-refractivity contribution in [3.8, 4) is 0 Å². The molecular formula is C50H104Cl2O30P2. The van der Waals surface area contributed by atoms with Crippen LogP contribution in [0.25, 0.3) is 0 Å². The molecule has 0 aromatic rings. The molecule has 1 heterocycles. The number of rotatable bonds is 26. The molecule has 0 bridgehead atoms. The molecule has 1 fully saturated rings. The lowest BCUT2D eigenvalue weighted by atomic mass is 10.3. The summed E-state index contributed by atoms with van der Waals surface area (Å²) >= 11 is 9.86. The summed E-state index contributed by atoms with van der Waals surface area (Å²) in [6.07, 6.45) is -14.4. The van der Waals surface area contributed by atoms with Crippen LogP contribution < -0.4 is 0 Å². The van der Waals surface area contributed by atoms with E-state index in [1.54, 1.807) is 13.8 Å². The molecule has 0 spiro atoms. The maximum absolute atomic E-state index is 11.9. The zero-order chi connectivity index (χ0) is 60.1. The Morgan fingerprint density at radius 3 is 0.929 bits per heavy atom. The van der Waals surface area contributed by atoms with Gasteiger partial charge in [0.15, 0.2) is 48.8 Å². The Hall–Kier alpha value is -4.58. The minimum atomic E-state index is -3.43. The molecule has 1 rings (SSSR count). The second kappa shape index (κ2) is 58.8. The zero-order valence-electron chi connectivity index (χ0n) is 44.5. The summed E-state index contributed by atoms with van der Waals surface area (Å²) in [5.74, 6) is -8.06. The van der Waals surface area contributed by atoms with Gasteiger partial charge in [-0.1, -0.05) is 59.4 Å². The van der Waals surface area contributed by atoms with Crippen LogP contribution in [-0.2, 0) is 123 Å². The van der Waals surface area contributed by atoms with Crippen LogP contribution in [0, 0.1) is 0 Å². The molecule has 0 radical (unpaired) electrons. The Balaban J connectivity index is -0.0000000864. The molecular weight excluding hydrogens is 1210 g/mol. The van der Waals surface area contributed by atoms with Gasteiger partial charge in [-0.3, -0.25) is 13.7 Å². The van der Waals surface area contributed by atoms with Crippen molar-refractivity contribution in [1.82, 2.24) is 0 Å². The van der Waals surface area contributed by atoms with Gasteiger partial charge in [0.1, 0.15) is 38.6 Å². The quantitative estimate of drug-likeness (QED) is 0.0312. The van der Waals surface area contributed by atoms with Crippen LogP contribution in [-0.4, -0.2) is 208 Å². The highest BCUT2D eigenvalue weighted by Gasteiger charge is 2.33. The third kappa shape index (κ3) is 56.5. The lowest BCUT2D eigenvalue weighted by Gasteiger charge is -2.22. The molecule has 5 unspecified atom stereocenters. The second-order valence-electron chi connectivity index (χ2n) is 14.6. The fourth-order valence-corrected chi connectivity index (χ4v) is 5.87. The number of esters is 10. The molecule has 0 amide bonds. The molecule has 508 valence electrons. The van der Waals surface area contributed by atoms with Crippen LogP contribution >= 0.6 is 36.2 Å². The van der Waals surface area contributed by atoms with Gasteiger partial charge in [-0.25, -0.2) is 47.9 Å². The van der Waals surface area contributed by atoms with E-state index >= 15 is 0 Å². The van der Waals surface area contributed by atoms with Gasteiger partial charge in [-0.05, 0) is 106 Å². The maximum Gasteiger partial charge on any atom is 0.380 e. The molecule has 1 aliphatic rings. The number of cyclic esters (lactones) is 2. The van der Waals surface area contributed by atoms with E-state index in [-0.39, 0.29) is 112 Å². The average molecular weight is 1320 g/mol. The number of hydrogen-bond donors (Lipinski definition) is 4. The predicted octanol–water partition coefficient (Wildman–Crippen LogP) is 6.47. The van der Waals surface area contributed by atoms with Crippen LogP contribution in [0.1, 0.15) is 142 Å². The van der Waals surface area contributed by atoms with E-state index in [0.717, 1.165) is 0 Å².